The Labute approximate surface area is 95.0 Å². The second-order valence-electron chi connectivity index (χ2n) is 3.15. The minimum absolute atomic E-state index is 0.237. The number of hydrogen-bond donors (Lipinski definition) is 1. The molecular weight excluding hydrogens is 204 g/mol. The van der Waals surface area contributed by atoms with Gasteiger partial charge in [0.15, 0.2) is 5.75 Å². The minimum atomic E-state index is -0.237. The van der Waals surface area contributed by atoms with E-state index >= 15 is 0 Å². The number of ether oxygens (including phenoxy) is 1. The first-order valence-corrected chi connectivity index (χ1v) is 4.74. The Morgan fingerprint density at radius 1 is 1.50 bits per heavy atom. The summed E-state index contributed by atoms with van der Waals surface area (Å²) in [6.07, 6.45) is 0. The van der Waals surface area contributed by atoms with Crippen LogP contribution in [0.1, 0.15) is 17.3 Å². The molecule has 16 heavy (non-hydrogen) atoms. The lowest BCUT2D eigenvalue weighted by atomic mass is 10.1. The van der Waals surface area contributed by atoms with Crippen molar-refractivity contribution in [2.24, 2.45) is 0 Å². The molecule has 0 saturated carbocycles. The lowest BCUT2D eigenvalue weighted by molar-refractivity contribution is 0.0857. The fraction of sp³-hybridized carbons (Fsp3) is 0.250. The van der Waals surface area contributed by atoms with Gasteiger partial charge in [-0.3, -0.25) is 9.69 Å². The monoisotopic (exact) mass is 218 g/mol. The molecule has 4 heteroatoms. The lowest BCUT2D eigenvalue weighted by Gasteiger charge is -2.13. The van der Waals surface area contributed by atoms with Crippen LogP contribution >= 0.6 is 0 Å². The van der Waals surface area contributed by atoms with E-state index in [1.165, 1.54) is 12.0 Å². The van der Waals surface area contributed by atoms with E-state index in [2.05, 4.69) is 12.0 Å². The quantitative estimate of drug-likeness (QED) is 0.463. The van der Waals surface area contributed by atoms with Crippen LogP contribution < -0.4 is 10.5 Å². The average Bonchev–Trinajstić information content (AvgIpc) is 2.28. The van der Waals surface area contributed by atoms with Gasteiger partial charge in [0.2, 0.25) is 0 Å². The standard InChI is InChI=1S/C12H14N2O2/c1-4-8-14(2)12(15)9-6-5-7-10(13)11(9)16-3/h5-7H,13H2,1-3H3. The van der Waals surface area contributed by atoms with Crippen molar-refractivity contribution < 1.29 is 9.53 Å². The maximum absolute atomic E-state index is 12.0. The summed E-state index contributed by atoms with van der Waals surface area (Å²) in [6.45, 7) is 1.67. The summed E-state index contributed by atoms with van der Waals surface area (Å²) in [7, 11) is 3.08. The summed E-state index contributed by atoms with van der Waals surface area (Å²) in [4.78, 5) is 13.3. The third kappa shape index (κ3) is 2.26. The number of benzene rings is 1. The van der Waals surface area contributed by atoms with Crippen molar-refractivity contribution in [3.63, 3.8) is 0 Å². The predicted molar refractivity (Wildman–Crippen MR) is 62.9 cm³/mol. The van der Waals surface area contributed by atoms with Crippen molar-refractivity contribution >= 4 is 11.6 Å². The Balaban J connectivity index is 3.16. The van der Waals surface area contributed by atoms with Crippen molar-refractivity contribution in [1.82, 2.24) is 4.90 Å². The number of nitrogens with zero attached hydrogens (tertiary/aromatic N) is 1. The molecule has 0 bridgehead atoms. The summed E-state index contributed by atoms with van der Waals surface area (Å²) in [5, 5.41) is 0. The smallest absolute Gasteiger partial charge is 0.268 e. The molecule has 0 aliphatic heterocycles. The van der Waals surface area contributed by atoms with E-state index in [-0.39, 0.29) is 5.91 Å². The topological polar surface area (TPSA) is 55.6 Å². The number of carbonyl (C=O) groups is 1. The zero-order chi connectivity index (χ0) is 12.1. The van der Waals surface area contributed by atoms with Crippen LogP contribution in [0.3, 0.4) is 0 Å². The van der Waals surface area contributed by atoms with E-state index in [0.29, 0.717) is 17.0 Å². The number of nitrogens with two attached hydrogens (primary N) is 1. The molecule has 0 atom stereocenters. The Kier molecular flexibility index (Phi) is 3.78. The number of nitrogen functional groups attached to an aromatic ring is 1. The Hall–Kier alpha value is -2.15. The van der Waals surface area contributed by atoms with Crippen molar-refractivity contribution in [3.05, 3.63) is 23.8 Å². The fourth-order valence-corrected chi connectivity index (χ4v) is 1.35. The molecule has 1 rings (SSSR count). The SMILES string of the molecule is CC#CN(C)C(=O)c1cccc(N)c1OC. The van der Waals surface area contributed by atoms with Crippen LogP contribution in [0.2, 0.25) is 0 Å². The number of amides is 1. The van der Waals surface area contributed by atoms with Crippen LogP contribution in [0, 0.1) is 12.0 Å². The highest BCUT2D eigenvalue weighted by molar-refractivity contribution is 5.99. The van der Waals surface area contributed by atoms with E-state index in [1.807, 2.05) is 0 Å². The van der Waals surface area contributed by atoms with Crippen molar-refractivity contribution in [1.29, 1.82) is 0 Å². The lowest BCUT2D eigenvalue weighted by Crippen LogP contribution is -2.22. The first-order valence-electron chi connectivity index (χ1n) is 4.74. The maximum Gasteiger partial charge on any atom is 0.268 e. The van der Waals surface area contributed by atoms with Gasteiger partial charge in [-0.2, -0.15) is 0 Å². The summed E-state index contributed by atoms with van der Waals surface area (Å²) < 4.78 is 5.10. The number of carbonyl (C=O) groups excluding carboxylic acids is 1. The molecule has 0 unspecified atom stereocenters. The zero-order valence-electron chi connectivity index (χ0n) is 9.57. The molecule has 0 aliphatic carbocycles. The normalized spacial score (nSPS) is 8.94. The van der Waals surface area contributed by atoms with E-state index in [1.54, 1.807) is 32.2 Å². The molecule has 84 valence electrons. The van der Waals surface area contributed by atoms with Crippen LogP contribution in [0.15, 0.2) is 18.2 Å². The maximum atomic E-state index is 12.0. The van der Waals surface area contributed by atoms with Crippen LogP contribution in [0.25, 0.3) is 0 Å². The molecular formula is C12H14N2O2. The molecule has 0 saturated heterocycles. The van der Waals surface area contributed by atoms with E-state index in [9.17, 15) is 4.79 Å². The number of methoxy groups -OCH3 is 1. The Bertz CT molecular complexity index is 458. The van der Waals surface area contributed by atoms with Gasteiger partial charge >= 0.3 is 0 Å². The van der Waals surface area contributed by atoms with Gasteiger partial charge in [0.25, 0.3) is 5.91 Å². The van der Waals surface area contributed by atoms with Crippen LogP contribution in [-0.4, -0.2) is 25.0 Å². The molecule has 0 fully saturated rings. The van der Waals surface area contributed by atoms with E-state index in [0.717, 1.165) is 0 Å². The highest BCUT2D eigenvalue weighted by atomic mass is 16.5. The predicted octanol–water partition coefficient (Wildman–Crippen LogP) is 1.33. The fourth-order valence-electron chi connectivity index (χ4n) is 1.35. The van der Waals surface area contributed by atoms with Gasteiger partial charge in [-0.25, -0.2) is 0 Å². The Morgan fingerprint density at radius 3 is 2.75 bits per heavy atom. The molecule has 0 spiro atoms. The molecule has 1 aromatic carbocycles. The number of rotatable bonds is 2. The molecule has 2 N–H and O–H groups in total. The molecule has 1 amide bonds. The number of hydrogen-bond acceptors (Lipinski definition) is 3. The largest absolute Gasteiger partial charge is 0.494 e. The second kappa shape index (κ2) is 5.08. The van der Waals surface area contributed by atoms with Crippen LogP contribution in [0.4, 0.5) is 5.69 Å². The molecule has 0 aromatic heterocycles. The minimum Gasteiger partial charge on any atom is -0.494 e. The van der Waals surface area contributed by atoms with Crippen molar-refractivity contribution in [2.75, 3.05) is 19.9 Å². The first-order chi connectivity index (χ1) is 7.61. The average molecular weight is 218 g/mol. The second-order valence-corrected chi connectivity index (χ2v) is 3.15. The van der Waals surface area contributed by atoms with Gasteiger partial charge in [-0.05, 0) is 19.1 Å². The molecule has 0 aliphatic rings. The number of anilines is 1. The van der Waals surface area contributed by atoms with Crippen molar-refractivity contribution in [2.45, 2.75) is 6.92 Å². The van der Waals surface area contributed by atoms with Crippen LogP contribution in [0.5, 0.6) is 5.75 Å². The molecule has 0 heterocycles. The summed E-state index contributed by atoms with van der Waals surface area (Å²) >= 11 is 0. The first kappa shape index (κ1) is 11.9. The number of para-hydroxylation sites is 1. The van der Waals surface area contributed by atoms with E-state index in [4.69, 9.17) is 10.5 Å². The van der Waals surface area contributed by atoms with Gasteiger partial charge in [0.1, 0.15) is 0 Å². The zero-order valence-corrected chi connectivity index (χ0v) is 9.57. The van der Waals surface area contributed by atoms with Gasteiger partial charge in [-0.15, -0.1) is 0 Å². The van der Waals surface area contributed by atoms with Gasteiger partial charge in [0.05, 0.1) is 18.4 Å². The van der Waals surface area contributed by atoms with Gasteiger partial charge < -0.3 is 10.5 Å². The van der Waals surface area contributed by atoms with Crippen molar-refractivity contribution in [3.8, 4) is 17.7 Å². The van der Waals surface area contributed by atoms with E-state index < -0.39 is 0 Å². The molecule has 0 radical (unpaired) electrons. The van der Waals surface area contributed by atoms with Gasteiger partial charge in [0, 0.05) is 13.1 Å². The third-order valence-electron chi connectivity index (χ3n) is 2.06. The van der Waals surface area contributed by atoms with Gasteiger partial charge in [-0.1, -0.05) is 12.0 Å². The third-order valence-corrected chi connectivity index (χ3v) is 2.06. The molecule has 1 aromatic rings. The summed E-state index contributed by atoms with van der Waals surface area (Å²) in [6, 6.07) is 7.70. The van der Waals surface area contributed by atoms with Crippen LogP contribution in [-0.2, 0) is 0 Å². The summed E-state index contributed by atoms with van der Waals surface area (Å²) in [5.74, 6) is 2.80. The Morgan fingerprint density at radius 2 is 2.19 bits per heavy atom. The highest BCUT2D eigenvalue weighted by Gasteiger charge is 2.16. The highest BCUT2D eigenvalue weighted by Crippen LogP contribution is 2.26. The molecule has 4 nitrogen and oxygen atoms in total. The summed E-state index contributed by atoms with van der Waals surface area (Å²) in [5.41, 5.74) is 6.56.